The third kappa shape index (κ3) is 2.60. The zero-order chi connectivity index (χ0) is 13.1. The quantitative estimate of drug-likeness (QED) is 0.846. The van der Waals surface area contributed by atoms with E-state index in [2.05, 4.69) is 15.3 Å². The number of carbonyl (C=O) groups is 1. The summed E-state index contributed by atoms with van der Waals surface area (Å²) in [6.07, 6.45) is 2.59. The molecular formula is C12H11FN4O. The van der Waals surface area contributed by atoms with E-state index in [1.165, 1.54) is 24.5 Å². The van der Waals surface area contributed by atoms with Crippen molar-refractivity contribution in [1.29, 1.82) is 0 Å². The molecule has 18 heavy (non-hydrogen) atoms. The number of nitrogens with one attached hydrogen (secondary N) is 1. The highest BCUT2D eigenvalue weighted by Gasteiger charge is 2.11. The van der Waals surface area contributed by atoms with Gasteiger partial charge in [-0.25, -0.2) is 9.37 Å². The number of nitrogens with two attached hydrogens (primary N) is 1. The number of anilines is 2. The van der Waals surface area contributed by atoms with Crippen molar-refractivity contribution in [2.24, 2.45) is 0 Å². The Morgan fingerprint density at radius 3 is 2.89 bits per heavy atom. The van der Waals surface area contributed by atoms with Crippen molar-refractivity contribution in [2.45, 2.75) is 6.92 Å². The predicted molar refractivity (Wildman–Crippen MR) is 65.5 cm³/mol. The monoisotopic (exact) mass is 246 g/mol. The Kier molecular flexibility index (Phi) is 3.18. The van der Waals surface area contributed by atoms with Gasteiger partial charge in [0.15, 0.2) is 0 Å². The van der Waals surface area contributed by atoms with Crippen LogP contribution in [0.3, 0.4) is 0 Å². The van der Waals surface area contributed by atoms with Gasteiger partial charge in [0, 0.05) is 0 Å². The van der Waals surface area contributed by atoms with E-state index in [9.17, 15) is 9.18 Å². The highest BCUT2D eigenvalue weighted by molar-refractivity contribution is 6.02. The van der Waals surface area contributed by atoms with Crippen molar-refractivity contribution < 1.29 is 9.18 Å². The Morgan fingerprint density at radius 2 is 2.17 bits per heavy atom. The first kappa shape index (κ1) is 12.0. The molecule has 0 radical (unpaired) electrons. The van der Waals surface area contributed by atoms with Crippen LogP contribution in [0.4, 0.5) is 15.9 Å². The Hall–Kier alpha value is -2.50. The maximum Gasteiger partial charge on any atom is 0.276 e. The molecule has 0 atom stereocenters. The number of benzene rings is 1. The third-order valence-corrected chi connectivity index (χ3v) is 2.26. The lowest BCUT2D eigenvalue weighted by Crippen LogP contribution is -2.15. The molecule has 1 amide bonds. The van der Waals surface area contributed by atoms with Gasteiger partial charge in [-0.15, -0.1) is 0 Å². The molecule has 0 unspecified atom stereocenters. The summed E-state index contributed by atoms with van der Waals surface area (Å²) < 4.78 is 13.4. The lowest BCUT2D eigenvalue weighted by Gasteiger charge is -2.06. The van der Waals surface area contributed by atoms with E-state index in [4.69, 9.17) is 5.73 Å². The fourth-order valence-electron chi connectivity index (χ4n) is 1.41. The minimum absolute atomic E-state index is 0.0379. The number of aryl methyl sites for hydroxylation is 1. The molecule has 5 nitrogen and oxygen atoms in total. The minimum atomic E-state index is -0.556. The Morgan fingerprint density at radius 1 is 1.39 bits per heavy atom. The van der Waals surface area contributed by atoms with Gasteiger partial charge >= 0.3 is 0 Å². The lowest BCUT2D eigenvalue weighted by molar-refractivity contribution is 0.102. The molecule has 6 heteroatoms. The molecule has 2 aromatic rings. The molecule has 0 saturated heterocycles. The maximum atomic E-state index is 13.4. The average Bonchev–Trinajstić information content (AvgIpc) is 2.34. The fraction of sp³-hybridized carbons (Fsp3) is 0.0833. The Bertz CT molecular complexity index is 600. The van der Waals surface area contributed by atoms with Crippen molar-refractivity contribution in [1.82, 2.24) is 9.97 Å². The molecule has 0 bridgehead atoms. The topological polar surface area (TPSA) is 80.9 Å². The molecule has 3 N–H and O–H groups in total. The normalized spacial score (nSPS) is 10.1. The van der Waals surface area contributed by atoms with E-state index in [1.807, 2.05) is 0 Å². The molecule has 0 fully saturated rings. The predicted octanol–water partition coefficient (Wildman–Crippen LogP) is 1.76. The Labute approximate surface area is 103 Å². The highest BCUT2D eigenvalue weighted by Crippen LogP contribution is 2.16. The van der Waals surface area contributed by atoms with Crippen LogP contribution in [0.5, 0.6) is 0 Å². The first-order valence-corrected chi connectivity index (χ1v) is 5.21. The van der Waals surface area contributed by atoms with Crippen LogP contribution in [0.1, 0.15) is 16.1 Å². The van der Waals surface area contributed by atoms with E-state index >= 15 is 0 Å². The van der Waals surface area contributed by atoms with E-state index in [-0.39, 0.29) is 17.2 Å². The molecule has 1 aromatic heterocycles. The summed E-state index contributed by atoms with van der Waals surface area (Å²) in [5, 5.41) is 2.42. The van der Waals surface area contributed by atoms with Crippen LogP contribution in [-0.4, -0.2) is 15.9 Å². The van der Waals surface area contributed by atoms with Crippen LogP contribution >= 0.6 is 0 Å². The zero-order valence-electron chi connectivity index (χ0n) is 9.64. The Balaban J connectivity index is 2.24. The molecule has 0 saturated carbocycles. The summed E-state index contributed by atoms with van der Waals surface area (Å²) in [7, 11) is 0. The molecule has 2 rings (SSSR count). The molecule has 92 valence electrons. The van der Waals surface area contributed by atoms with Crippen molar-refractivity contribution in [2.75, 3.05) is 11.1 Å². The van der Waals surface area contributed by atoms with Crippen molar-refractivity contribution in [3.05, 3.63) is 47.7 Å². The number of rotatable bonds is 2. The minimum Gasteiger partial charge on any atom is -0.382 e. The first-order valence-electron chi connectivity index (χ1n) is 5.21. The number of nitrogens with zero attached hydrogens (tertiary/aromatic N) is 2. The van der Waals surface area contributed by atoms with E-state index < -0.39 is 11.7 Å². The van der Waals surface area contributed by atoms with Crippen LogP contribution in [0.2, 0.25) is 0 Å². The number of aromatic nitrogens is 2. The van der Waals surface area contributed by atoms with Gasteiger partial charge in [-0.05, 0) is 24.6 Å². The standard InChI is InChI=1S/C12H11FN4O/c1-7-2-3-8(13)9(4-7)17-12(18)10-5-15-6-11(14)16-10/h2-6H,1H3,(H2,14,16)(H,17,18). The molecule has 0 spiro atoms. The van der Waals surface area contributed by atoms with Crippen LogP contribution in [0.15, 0.2) is 30.6 Å². The molecular weight excluding hydrogens is 235 g/mol. The summed E-state index contributed by atoms with van der Waals surface area (Å²) in [5.41, 5.74) is 6.39. The number of amides is 1. The number of nitrogen functional groups attached to an aromatic ring is 1. The lowest BCUT2D eigenvalue weighted by atomic mass is 10.2. The number of hydrogen-bond donors (Lipinski definition) is 2. The summed E-state index contributed by atoms with van der Waals surface area (Å²) in [6.45, 7) is 1.80. The fourth-order valence-corrected chi connectivity index (χ4v) is 1.41. The maximum absolute atomic E-state index is 13.4. The molecule has 0 aliphatic heterocycles. The van der Waals surface area contributed by atoms with E-state index in [0.717, 1.165) is 5.56 Å². The largest absolute Gasteiger partial charge is 0.382 e. The van der Waals surface area contributed by atoms with Crippen molar-refractivity contribution in [3.8, 4) is 0 Å². The number of carbonyl (C=O) groups excluding carboxylic acids is 1. The number of hydrogen-bond acceptors (Lipinski definition) is 4. The SMILES string of the molecule is Cc1ccc(F)c(NC(=O)c2cncc(N)n2)c1. The van der Waals surface area contributed by atoms with Crippen LogP contribution in [0, 0.1) is 12.7 Å². The van der Waals surface area contributed by atoms with Gasteiger partial charge < -0.3 is 11.1 Å². The first-order chi connectivity index (χ1) is 8.56. The highest BCUT2D eigenvalue weighted by atomic mass is 19.1. The van der Waals surface area contributed by atoms with E-state index in [1.54, 1.807) is 13.0 Å². The van der Waals surface area contributed by atoms with Gasteiger partial charge in [0.05, 0.1) is 18.1 Å². The van der Waals surface area contributed by atoms with Crippen LogP contribution < -0.4 is 11.1 Å². The van der Waals surface area contributed by atoms with E-state index in [0.29, 0.717) is 0 Å². The van der Waals surface area contributed by atoms with Gasteiger partial charge in [-0.3, -0.25) is 9.78 Å². The third-order valence-electron chi connectivity index (χ3n) is 2.26. The van der Waals surface area contributed by atoms with Crippen LogP contribution in [-0.2, 0) is 0 Å². The summed E-state index contributed by atoms with van der Waals surface area (Å²) in [6, 6.07) is 4.44. The van der Waals surface area contributed by atoms with Gasteiger partial charge in [-0.1, -0.05) is 6.07 Å². The smallest absolute Gasteiger partial charge is 0.276 e. The molecule has 0 aliphatic carbocycles. The second-order valence-electron chi connectivity index (χ2n) is 3.77. The second-order valence-corrected chi connectivity index (χ2v) is 3.77. The van der Waals surface area contributed by atoms with Crippen molar-refractivity contribution >= 4 is 17.4 Å². The number of halogens is 1. The van der Waals surface area contributed by atoms with Gasteiger partial charge in [0.25, 0.3) is 5.91 Å². The molecule has 1 aromatic carbocycles. The molecule has 0 aliphatic rings. The second kappa shape index (κ2) is 4.79. The summed E-state index contributed by atoms with van der Waals surface area (Å²) in [4.78, 5) is 19.3. The van der Waals surface area contributed by atoms with Crippen LogP contribution in [0.25, 0.3) is 0 Å². The molecule has 1 heterocycles. The zero-order valence-corrected chi connectivity index (χ0v) is 9.64. The van der Waals surface area contributed by atoms with Gasteiger partial charge in [0.2, 0.25) is 0 Å². The summed E-state index contributed by atoms with van der Waals surface area (Å²) >= 11 is 0. The average molecular weight is 246 g/mol. The van der Waals surface area contributed by atoms with Gasteiger partial charge in [0.1, 0.15) is 17.3 Å². The van der Waals surface area contributed by atoms with Gasteiger partial charge in [-0.2, -0.15) is 0 Å². The summed E-state index contributed by atoms with van der Waals surface area (Å²) in [5.74, 6) is -0.933. The van der Waals surface area contributed by atoms with Crippen molar-refractivity contribution in [3.63, 3.8) is 0 Å².